The van der Waals surface area contributed by atoms with Crippen LogP contribution in [0.15, 0.2) is 109 Å². The molecule has 4 aromatic carbocycles. The first-order chi connectivity index (χ1) is 37.1. The number of amides is 2. The normalized spacial score (nSPS) is 15.1. The first kappa shape index (κ1) is 65.3. The standard InChI is InChI=1S/C21H23NO5.C15H19NO7S.C13H19NO3.C6H13NO3/c1-2-11-26-13-19(20(23)24)22-21(25)27-12-18-16-9-5-3-7-14(16)15-8-4-6-10-17(15)18;1-15(2,3)23-14(18)16-12(10-22-24(16,19)20)13(17)21-9-11-7-5-4-6-8-11;1-2-8-16-10-12(14)13(15)17-9-11-6-4-3-5-7-11;1-2-3-10-4-5(7)6(8)9/h3-10,18-19H,2,11-13H2,1H3,(H,22,25)(H,23,24);4-8,12H,9-10H2,1-3H3;3-7,12H,2,8-10,14H2,1H3;5H,2-4,7H2,1H3,(H,8,9)/t19-;2*12-;5-/m0000/s1. The minimum atomic E-state index is -4.38. The van der Waals surface area contributed by atoms with Crippen LogP contribution < -0.4 is 16.8 Å². The highest BCUT2D eigenvalue weighted by atomic mass is 32.2. The number of alkyl carbamates (subject to hydrolysis) is 1. The Morgan fingerprint density at radius 3 is 1.59 bits per heavy atom. The summed E-state index contributed by atoms with van der Waals surface area (Å²) < 4.78 is 64.5. The lowest BCUT2D eigenvalue weighted by Crippen LogP contribution is -2.46. The van der Waals surface area contributed by atoms with Crippen LogP contribution in [0.3, 0.4) is 0 Å². The van der Waals surface area contributed by atoms with Crippen LogP contribution in [0.25, 0.3) is 11.1 Å². The number of nitrogens with one attached hydrogen (secondary N) is 1. The maximum atomic E-state index is 12.2. The van der Waals surface area contributed by atoms with E-state index in [0.29, 0.717) is 19.8 Å². The number of aliphatic carboxylic acids is 2. The monoisotopic (exact) mass is 1110 g/mol. The summed E-state index contributed by atoms with van der Waals surface area (Å²) in [4.78, 5) is 69.2. The Bertz CT molecular complexity index is 2560. The number of ether oxygens (including phenoxy) is 7. The summed E-state index contributed by atoms with van der Waals surface area (Å²) in [5.41, 5.74) is 16.0. The number of rotatable bonds is 23. The highest BCUT2D eigenvalue weighted by Crippen LogP contribution is 2.44. The first-order valence-electron chi connectivity index (χ1n) is 25.3. The number of esters is 2. The van der Waals surface area contributed by atoms with Gasteiger partial charge in [-0.25, -0.2) is 19.2 Å². The van der Waals surface area contributed by atoms with E-state index in [-0.39, 0.29) is 49.9 Å². The second-order valence-electron chi connectivity index (χ2n) is 18.4. The lowest BCUT2D eigenvalue weighted by molar-refractivity contribution is -0.149. The quantitative estimate of drug-likeness (QED) is 0.0308. The molecule has 1 fully saturated rings. The van der Waals surface area contributed by atoms with Gasteiger partial charge in [-0.1, -0.05) is 130 Å². The molecule has 1 aliphatic heterocycles. The topological polar surface area (TPSA) is 318 Å². The number of carbonyl (C=O) groups excluding carboxylic acids is 4. The third-order valence-electron chi connectivity index (χ3n) is 10.7. The van der Waals surface area contributed by atoms with Gasteiger partial charge in [0, 0.05) is 25.7 Å². The van der Waals surface area contributed by atoms with Gasteiger partial charge in [0.25, 0.3) is 0 Å². The van der Waals surface area contributed by atoms with Crippen molar-refractivity contribution in [3.63, 3.8) is 0 Å². The van der Waals surface area contributed by atoms with E-state index in [9.17, 15) is 42.3 Å². The van der Waals surface area contributed by atoms with E-state index in [4.69, 9.17) is 49.7 Å². The highest BCUT2D eigenvalue weighted by Gasteiger charge is 2.49. The van der Waals surface area contributed by atoms with Crippen molar-refractivity contribution < 1.29 is 84.7 Å². The molecule has 428 valence electrons. The van der Waals surface area contributed by atoms with Gasteiger partial charge in [-0.2, -0.15) is 12.7 Å². The summed E-state index contributed by atoms with van der Waals surface area (Å²) in [6.07, 6.45) is 0.626. The van der Waals surface area contributed by atoms with Crippen molar-refractivity contribution in [2.75, 3.05) is 52.9 Å². The second kappa shape index (κ2) is 34.0. The van der Waals surface area contributed by atoms with Crippen molar-refractivity contribution in [3.05, 3.63) is 131 Å². The molecule has 1 aliphatic carbocycles. The summed E-state index contributed by atoms with van der Waals surface area (Å²) in [6.45, 7) is 12.3. The molecule has 22 nitrogen and oxygen atoms in total. The summed E-state index contributed by atoms with van der Waals surface area (Å²) in [7, 11) is -4.38. The van der Waals surface area contributed by atoms with Crippen LogP contribution in [0.4, 0.5) is 9.59 Å². The molecule has 0 radical (unpaired) electrons. The molecular formula is C55H74N4O18S. The molecule has 2 amide bonds. The van der Waals surface area contributed by atoms with Crippen LogP contribution in [0.2, 0.25) is 0 Å². The summed E-state index contributed by atoms with van der Waals surface area (Å²) in [6, 6.07) is 30.3. The van der Waals surface area contributed by atoms with E-state index >= 15 is 0 Å². The molecule has 0 saturated carbocycles. The molecule has 0 aromatic heterocycles. The van der Waals surface area contributed by atoms with Crippen molar-refractivity contribution in [2.45, 2.75) is 110 Å². The summed E-state index contributed by atoms with van der Waals surface area (Å²) in [5, 5.41) is 19.8. The summed E-state index contributed by atoms with van der Waals surface area (Å²) >= 11 is 0. The molecule has 7 N–H and O–H groups in total. The molecule has 0 bridgehead atoms. The van der Waals surface area contributed by atoms with Gasteiger partial charge in [0.2, 0.25) is 0 Å². The predicted molar refractivity (Wildman–Crippen MR) is 286 cm³/mol. The smallest absolute Gasteiger partial charge is 0.426 e. The van der Waals surface area contributed by atoms with Gasteiger partial charge in [0.05, 0.1) is 19.8 Å². The van der Waals surface area contributed by atoms with E-state index in [1.165, 1.54) is 0 Å². The minimum absolute atomic E-state index is 0.0433. The van der Waals surface area contributed by atoms with Gasteiger partial charge >= 0.3 is 46.4 Å². The zero-order valence-electron chi connectivity index (χ0n) is 44.9. The Morgan fingerprint density at radius 2 is 1.12 bits per heavy atom. The number of nitrogens with zero attached hydrogens (tertiary/aromatic N) is 1. The van der Waals surface area contributed by atoms with Crippen molar-refractivity contribution in [2.24, 2.45) is 11.5 Å². The van der Waals surface area contributed by atoms with Crippen LogP contribution in [-0.2, 0) is 80.0 Å². The Labute approximate surface area is 455 Å². The number of carboxylic acid groups (broad SMARTS) is 2. The predicted octanol–water partition coefficient (Wildman–Crippen LogP) is 6.32. The van der Waals surface area contributed by atoms with E-state index in [1.807, 2.05) is 93.6 Å². The fourth-order valence-electron chi connectivity index (χ4n) is 6.93. The van der Waals surface area contributed by atoms with Crippen LogP contribution in [-0.4, -0.2) is 142 Å². The zero-order chi connectivity index (χ0) is 57.7. The van der Waals surface area contributed by atoms with E-state index in [1.54, 1.807) is 45.0 Å². The molecule has 0 spiro atoms. The number of fused-ring (bicyclic) bond motifs is 3. The van der Waals surface area contributed by atoms with Gasteiger partial charge in [-0.05, 0) is 73.4 Å². The Morgan fingerprint density at radius 1 is 0.654 bits per heavy atom. The Kier molecular flexibility index (Phi) is 28.5. The van der Waals surface area contributed by atoms with Crippen molar-refractivity contribution in [3.8, 4) is 11.1 Å². The van der Waals surface area contributed by atoms with Crippen LogP contribution in [0, 0.1) is 0 Å². The fraction of sp³-hybridized carbons (Fsp3) is 0.455. The first-order valence-corrected chi connectivity index (χ1v) is 26.6. The van der Waals surface area contributed by atoms with Crippen molar-refractivity contribution >= 4 is 46.4 Å². The molecule has 1 saturated heterocycles. The molecule has 4 atom stereocenters. The van der Waals surface area contributed by atoms with Gasteiger partial charge in [-0.3, -0.25) is 13.8 Å². The van der Waals surface area contributed by atoms with Crippen LogP contribution in [0.5, 0.6) is 0 Å². The third kappa shape index (κ3) is 22.9. The second-order valence-corrected chi connectivity index (χ2v) is 19.8. The molecular weight excluding hydrogens is 1040 g/mol. The Hall–Kier alpha value is -6.99. The van der Waals surface area contributed by atoms with E-state index in [2.05, 4.69) is 21.6 Å². The molecule has 78 heavy (non-hydrogen) atoms. The van der Waals surface area contributed by atoms with Crippen LogP contribution in [0.1, 0.15) is 89.0 Å². The number of carbonyl (C=O) groups is 6. The average molecular weight is 1110 g/mol. The minimum Gasteiger partial charge on any atom is -0.480 e. The fourth-order valence-corrected chi connectivity index (χ4v) is 8.02. The lowest BCUT2D eigenvalue weighted by Gasteiger charge is -2.25. The molecule has 23 heteroatoms. The van der Waals surface area contributed by atoms with Crippen molar-refractivity contribution in [1.82, 2.24) is 9.62 Å². The highest BCUT2D eigenvalue weighted by molar-refractivity contribution is 7.85. The molecule has 0 unspecified atom stereocenters. The third-order valence-corrected chi connectivity index (χ3v) is 12.0. The van der Waals surface area contributed by atoms with E-state index < -0.39 is 82.7 Å². The Balaban J connectivity index is 0.000000289. The van der Waals surface area contributed by atoms with Gasteiger partial charge < -0.3 is 60.2 Å². The van der Waals surface area contributed by atoms with Gasteiger partial charge in [0.1, 0.15) is 44.1 Å². The maximum Gasteiger partial charge on any atom is 0.426 e. The SMILES string of the molecule is CC(C)(C)OC(=O)N1[C@H](C(=O)OCc2ccccc2)COS1(=O)=O.CCCOC[C@H](N)C(=O)O.CCCOC[C@H](N)C(=O)OCc1ccccc1.CCCOC[C@H](NC(=O)OCC1c2ccccc2-c2ccccc21)C(=O)O. The zero-order valence-corrected chi connectivity index (χ0v) is 45.7. The number of benzene rings is 4. The number of hydrogen-bond donors (Lipinski definition) is 5. The van der Waals surface area contributed by atoms with Gasteiger partial charge in [0.15, 0.2) is 12.1 Å². The van der Waals surface area contributed by atoms with E-state index in [0.717, 1.165) is 52.6 Å². The molecule has 1 heterocycles. The van der Waals surface area contributed by atoms with Crippen molar-refractivity contribution in [1.29, 1.82) is 0 Å². The number of hydrogen-bond acceptors (Lipinski definition) is 18. The van der Waals surface area contributed by atoms with Gasteiger partial charge in [-0.15, -0.1) is 0 Å². The maximum absolute atomic E-state index is 12.2. The summed E-state index contributed by atoms with van der Waals surface area (Å²) in [5.74, 6) is -3.55. The molecule has 4 aromatic rings. The number of carboxylic acids is 2. The number of nitrogens with two attached hydrogens (primary N) is 2. The molecule has 6 rings (SSSR count). The largest absolute Gasteiger partial charge is 0.480 e. The lowest BCUT2D eigenvalue weighted by atomic mass is 9.98. The average Bonchev–Trinajstić information content (AvgIpc) is 3.92. The van der Waals surface area contributed by atoms with Crippen LogP contribution >= 0.6 is 0 Å². The molecule has 2 aliphatic rings.